The van der Waals surface area contributed by atoms with E-state index in [9.17, 15) is 4.79 Å². The maximum absolute atomic E-state index is 11.7. The molecule has 5 heteroatoms. The van der Waals surface area contributed by atoms with Crippen molar-refractivity contribution >= 4 is 23.1 Å². The summed E-state index contributed by atoms with van der Waals surface area (Å²) in [4.78, 5) is 12.0. The molecule has 0 heterocycles. The molecule has 0 saturated carbocycles. The molecule has 1 unspecified atom stereocenters. The zero-order chi connectivity index (χ0) is 14.1. The number of nitrogens with one attached hydrogen (secondary N) is 1. The van der Waals surface area contributed by atoms with Crippen LogP contribution in [0, 0.1) is 0 Å². The molecule has 0 aliphatic carbocycles. The van der Waals surface area contributed by atoms with Crippen LogP contribution in [0.2, 0.25) is 0 Å². The molecule has 1 amide bonds. The minimum absolute atomic E-state index is 0.0952. The van der Waals surface area contributed by atoms with E-state index in [0.29, 0.717) is 11.6 Å². The average molecular weight is 280 g/mol. The molecule has 0 fully saturated rings. The van der Waals surface area contributed by atoms with Crippen LogP contribution in [-0.4, -0.2) is 23.5 Å². The summed E-state index contributed by atoms with van der Waals surface area (Å²) in [6.45, 7) is 2.36. The summed E-state index contributed by atoms with van der Waals surface area (Å²) in [5, 5.41) is 2.82. The molecule has 0 bridgehead atoms. The van der Waals surface area contributed by atoms with E-state index in [1.165, 1.54) is 0 Å². The van der Waals surface area contributed by atoms with Crippen molar-refractivity contribution in [1.82, 2.24) is 5.32 Å². The Kier molecular flexibility index (Phi) is 6.89. The van der Waals surface area contributed by atoms with Crippen LogP contribution in [0.4, 0.5) is 0 Å². The van der Waals surface area contributed by atoms with Crippen molar-refractivity contribution in [2.75, 3.05) is 6.61 Å². The number of carbonyl (C=O) groups is 1. The van der Waals surface area contributed by atoms with Gasteiger partial charge in [0.15, 0.2) is 0 Å². The van der Waals surface area contributed by atoms with E-state index < -0.39 is 0 Å². The van der Waals surface area contributed by atoms with Gasteiger partial charge in [-0.2, -0.15) is 0 Å². The first-order chi connectivity index (χ1) is 9.13. The Bertz CT molecular complexity index is 409. The van der Waals surface area contributed by atoms with Crippen molar-refractivity contribution in [2.45, 2.75) is 32.2 Å². The zero-order valence-corrected chi connectivity index (χ0v) is 11.9. The average Bonchev–Trinajstić information content (AvgIpc) is 2.39. The molecular formula is C14H20N2O2S. The number of nitrogens with two attached hydrogens (primary N) is 1. The number of ether oxygens (including phenoxy) is 1. The minimum atomic E-state index is -0.218. The van der Waals surface area contributed by atoms with Crippen LogP contribution in [0.1, 0.15) is 26.2 Å². The van der Waals surface area contributed by atoms with Crippen LogP contribution in [-0.2, 0) is 4.79 Å². The number of hydrogen-bond donors (Lipinski definition) is 2. The highest BCUT2D eigenvalue weighted by molar-refractivity contribution is 7.80. The summed E-state index contributed by atoms with van der Waals surface area (Å²) in [5.74, 6) is 0.664. The number of amides is 1. The number of thiocarbonyl (C=S) groups is 1. The van der Waals surface area contributed by atoms with Gasteiger partial charge >= 0.3 is 0 Å². The summed E-state index contributed by atoms with van der Waals surface area (Å²) in [7, 11) is 0. The van der Waals surface area contributed by atoms with Crippen molar-refractivity contribution in [3.8, 4) is 5.75 Å². The first-order valence-electron chi connectivity index (χ1n) is 6.40. The van der Waals surface area contributed by atoms with E-state index in [1.54, 1.807) is 0 Å². The van der Waals surface area contributed by atoms with Gasteiger partial charge in [0.1, 0.15) is 5.75 Å². The van der Waals surface area contributed by atoms with Gasteiger partial charge in [-0.15, -0.1) is 0 Å². The first-order valence-corrected chi connectivity index (χ1v) is 6.80. The molecule has 19 heavy (non-hydrogen) atoms. The predicted molar refractivity (Wildman–Crippen MR) is 80.2 cm³/mol. The lowest BCUT2D eigenvalue weighted by Crippen LogP contribution is -2.43. The van der Waals surface area contributed by atoms with E-state index in [1.807, 2.05) is 37.3 Å². The van der Waals surface area contributed by atoms with Gasteiger partial charge in [-0.1, -0.05) is 43.8 Å². The number of carbonyl (C=O) groups excluding carboxylic acids is 1. The SMILES string of the molecule is CCCC(NC(=O)CCOc1ccccc1)C(N)=S. The highest BCUT2D eigenvalue weighted by atomic mass is 32.1. The fourth-order valence-electron chi connectivity index (χ4n) is 1.62. The predicted octanol–water partition coefficient (Wildman–Crippen LogP) is 2.03. The molecule has 0 aliphatic rings. The highest BCUT2D eigenvalue weighted by Crippen LogP contribution is 2.08. The third-order valence-corrected chi connectivity index (χ3v) is 2.88. The highest BCUT2D eigenvalue weighted by Gasteiger charge is 2.13. The largest absolute Gasteiger partial charge is 0.493 e. The minimum Gasteiger partial charge on any atom is -0.493 e. The summed E-state index contributed by atoms with van der Waals surface area (Å²) in [6.07, 6.45) is 1.97. The topological polar surface area (TPSA) is 64.3 Å². The Morgan fingerprint density at radius 3 is 2.68 bits per heavy atom. The van der Waals surface area contributed by atoms with Crippen molar-refractivity contribution in [1.29, 1.82) is 0 Å². The van der Waals surface area contributed by atoms with Crippen LogP contribution in [0.5, 0.6) is 5.75 Å². The number of hydrogen-bond acceptors (Lipinski definition) is 3. The zero-order valence-electron chi connectivity index (χ0n) is 11.1. The quantitative estimate of drug-likeness (QED) is 0.715. The normalized spacial score (nSPS) is 11.6. The summed E-state index contributed by atoms with van der Waals surface area (Å²) in [5.41, 5.74) is 5.58. The lowest BCUT2D eigenvalue weighted by Gasteiger charge is -2.16. The van der Waals surface area contributed by atoms with Crippen molar-refractivity contribution < 1.29 is 9.53 Å². The monoisotopic (exact) mass is 280 g/mol. The van der Waals surface area contributed by atoms with Gasteiger partial charge in [0.05, 0.1) is 24.1 Å². The fraction of sp³-hybridized carbons (Fsp3) is 0.429. The Morgan fingerprint density at radius 1 is 1.42 bits per heavy atom. The second kappa shape index (κ2) is 8.48. The molecule has 1 atom stereocenters. The Balaban J connectivity index is 2.29. The lowest BCUT2D eigenvalue weighted by atomic mass is 10.1. The molecule has 0 aliphatic heterocycles. The molecule has 104 valence electrons. The Morgan fingerprint density at radius 2 is 2.11 bits per heavy atom. The second-order valence-electron chi connectivity index (χ2n) is 4.22. The Hall–Kier alpha value is -1.62. The third-order valence-electron chi connectivity index (χ3n) is 2.60. The third kappa shape index (κ3) is 6.20. The molecule has 3 N–H and O–H groups in total. The van der Waals surface area contributed by atoms with Crippen LogP contribution >= 0.6 is 12.2 Å². The molecular weight excluding hydrogens is 260 g/mol. The fourth-order valence-corrected chi connectivity index (χ4v) is 1.80. The van der Waals surface area contributed by atoms with Gasteiger partial charge in [0, 0.05) is 0 Å². The van der Waals surface area contributed by atoms with E-state index >= 15 is 0 Å². The van der Waals surface area contributed by atoms with Crippen molar-refractivity contribution in [2.24, 2.45) is 5.73 Å². The van der Waals surface area contributed by atoms with Gasteiger partial charge in [-0.25, -0.2) is 0 Å². The molecule has 0 saturated heterocycles. The first kappa shape index (κ1) is 15.4. The number of rotatable bonds is 8. The molecule has 0 spiro atoms. The molecule has 1 aromatic rings. The van der Waals surface area contributed by atoms with E-state index in [2.05, 4.69) is 5.32 Å². The van der Waals surface area contributed by atoms with Gasteiger partial charge in [0.25, 0.3) is 0 Å². The maximum atomic E-state index is 11.7. The summed E-state index contributed by atoms with van der Waals surface area (Å²) < 4.78 is 5.45. The van der Waals surface area contributed by atoms with Crippen LogP contribution in [0.3, 0.4) is 0 Å². The van der Waals surface area contributed by atoms with E-state index in [-0.39, 0.29) is 18.4 Å². The maximum Gasteiger partial charge on any atom is 0.223 e. The van der Waals surface area contributed by atoms with Gasteiger partial charge < -0.3 is 15.8 Å². The molecule has 1 aromatic carbocycles. The van der Waals surface area contributed by atoms with Crippen LogP contribution < -0.4 is 15.8 Å². The van der Waals surface area contributed by atoms with E-state index in [0.717, 1.165) is 18.6 Å². The smallest absolute Gasteiger partial charge is 0.223 e. The van der Waals surface area contributed by atoms with Crippen molar-refractivity contribution in [3.05, 3.63) is 30.3 Å². The Labute approximate surface area is 119 Å². The second-order valence-corrected chi connectivity index (χ2v) is 4.69. The molecule has 0 aromatic heterocycles. The molecule has 0 radical (unpaired) electrons. The van der Waals surface area contributed by atoms with Gasteiger partial charge in [0.2, 0.25) is 5.91 Å². The van der Waals surface area contributed by atoms with Gasteiger partial charge in [-0.3, -0.25) is 4.79 Å². The lowest BCUT2D eigenvalue weighted by molar-refractivity contribution is -0.121. The van der Waals surface area contributed by atoms with Gasteiger partial charge in [-0.05, 0) is 18.6 Å². The van der Waals surface area contributed by atoms with Crippen LogP contribution in [0.25, 0.3) is 0 Å². The standard InChI is InChI=1S/C14H20N2O2S/c1-2-6-12(14(15)19)16-13(17)9-10-18-11-7-4-3-5-8-11/h3-5,7-8,12H,2,6,9-10H2,1H3,(H2,15,19)(H,16,17). The number of benzene rings is 1. The molecule has 1 rings (SSSR count). The summed E-state index contributed by atoms with van der Waals surface area (Å²) in [6, 6.07) is 9.18. The number of para-hydroxylation sites is 1. The van der Waals surface area contributed by atoms with E-state index in [4.69, 9.17) is 22.7 Å². The summed E-state index contributed by atoms with van der Waals surface area (Å²) >= 11 is 4.92. The van der Waals surface area contributed by atoms with Crippen LogP contribution in [0.15, 0.2) is 30.3 Å². The molecule has 4 nitrogen and oxygen atoms in total. The van der Waals surface area contributed by atoms with Crippen molar-refractivity contribution in [3.63, 3.8) is 0 Å².